The fourth-order valence-corrected chi connectivity index (χ4v) is 4.11. The Morgan fingerprint density at radius 3 is 2.00 bits per heavy atom. The van der Waals surface area contributed by atoms with Gasteiger partial charge in [0, 0.05) is 40.6 Å². The number of hydrogen-bond donors (Lipinski definition) is 0. The van der Waals surface area contributed by atoms with Crippen LogP contribution in [0.3, 0.4) is 0 Å². The number of cyclic esters (lactones) is 1. The highest BCUT2D eigenvalue weighted by molar-refractivity contribution is 5.82. The van der Waals surface area contributed by atoms with Gasteiger partial charge >= 0.3 is 5.97 Å². The molecule has 0 unspecified atom stereocenters. The van der Waals surface area contributed by atoms with E-state index in [1.165, 1.54) is 34.2 Å². The van der Waals surface area contributed by atoms with Gasteiger partial charge in [-0.15, -0.1) is 0 Å². The number of carbonyl (C=O) groups is 2. The standard InChI is InChI=1S/C21H36O7/c1-24-20-21(25-2,26-3)14-16-17(22)12-10-8-6-4-5-7-9-11-13-19(23)27-15-18(16)28-20/h16,18,20H,4-15H2,1-3H3/t16-,18-,20+/m1/s1. The minimum Gasteiger partial charge on any atom is -0.463 e. The molecule has 2 fully saturated rings. The molecule has 0 aromatic heterocycles. The van der Waals surface area contributed by atoms with E-state index in [0.29, 0.717) is 19.3 Å². The molecule has 0 aliphatic carbocycles. The Kier molecular flexibility index (Phi) is 9.85. The van der Waals surface area contributed by atoms with Crippen molar-refractivity contribution in [2.24, 2.45) is 5.92 Å². The van der Waals surface area contributed by atoms with Gasteiger partial charge in [0.05, 0.1) is 5.92 Å². The van der Waals surface area contributed by atoms with Crippen LogP contribution in [0.25, 0.3) is 0 Å². The molecule has 2 aliphatic heterocycles. The Morgan fingerprint density at radius 2 is 1.43 bits per heavy atom. The second-order valence-corrected chi connectivity index (χ2v) is 7.75. The van der Waals surface area contributed by atoms with Crippen LogP contribution in [0.2, 0.25) is 0 Å². The van der Waals surface area contributed by atoms with Crippen LogP contribution in [0.1, 0.15) is 70.6 Å². The molecule has 0 bridgehead atoms. The molecule has 0 N–H and O–H groups in total. The molecule has 28 heavy (non-hydrogen) atoms. The molecule has 0 aromatic rings. The molecule has 2 saturated heterocycles. The van der Waals surface area contributed by atoms with Gasteiger partial charge < -0.3 is 23.7 Å². The maximum absolute atomic E-state index is 13.0. The summed E-state index contributed by atoms with van der Waals surface area (Å²) >= 11 is 0. The fraction of sp³-hybridized carbons (Fsp3) is 0.905. The van der Waals surface area contributed by atoms with Crippen molar-refractivity contribution in [1.82, 2.24) is 0 Å². The minimum atomic E-state index is -1.16. The van der Waals surface area contributed by atoms with Gasteiger partial charge in [-0.2, -0.15) is 0 Å². The van der Waals surface area contributed by atoms with Crippen molar-refractivity contribution in [2.75, 3.05) is 27.9 Å². The lowest BCUT2D eigenvalue weighted by Gasteiger charge is -2.46. The average molecular weight is 401 g/mol. The van der Waals surface area contributed by atoms with E-state index in [2.05, 4.69) is 0 Å². The van der Waals surface area contributed by atoms with Crippen molar-refractivity contribution in [3.8, 4) is 0 Å². The molecule has 2 aliphatic rings. The molecule has 7 heteroatoms. The number of methoxy groups -OCH3 is 3. The lowest BCUT2D eigenvalue weighted by Crippen LogP contribution is -2.59. The maximum Gasteiger partial charge on any atom is 0.305 e. The number of hydrogen-bond acceptors (Lipinski definition) is 7. The monoisotopic (exact) mass is 400 g/mol. The lowest BCUT2D eigenvalue weighted by molar-refractivity contribution is -0.373. The van der Waals surface area contributed by atoms with Gasteiger partial charge in [-0.1, -0.05) is 38.5 Å². The van der Waals surface area contributed by atoms with Crippen molar-refractivity contribution >= 4 is 11.8 Å². The third-order valence-electron chi connectivity index (χ3n) is 5.89. The van der Waals surface area contributed by atoms with Gasteiger partial charge in [0.2, 0.25) is 12.1 Å². The van der Waals surface area contributed by atoms with Crippen molar-refractivity contribution in [3.05, 3.63) is 0 Å². The number of esters is 1. The number of fused-ring (bicyclic) bond motifs is 1. The lowest BCUT2D eigenvalue weighted by atomic mass is 9.84. The highest BCUT2D eigenvalue weighted by atomic mass is 16.8. The van der Waals surface area contributed by atoms with E-state index < -0.39 is 24.1 Å². The van der Waals surface area contributed by atoms with Crippen LogP contribution in [0, 0.1) is 5.92 Å². The van der Waals surface area contributed by atoms with E-state index >= 15 is 0 Å². The first-order valence-corrected chi connectivity index (χ1v) is 10.5. The summed E-state index contributed by atoms with van der Waals surface area (Å²) in [7, 11) is 4.53. The summed E-state index contributed by atoms with van der Waals surface area (Å²) in [6.45, 7) is 0.0403. The summed E-state index contributed by atoms with van der Waals surface area (Å²) in [6.07, 6.45) is 8.28. The van der Waals surface area contributed by atoms with E-state index in [0.717, 1.165) is 38.5 Å². The Morgan fingerprint density at radius 1 is 0.857 bits per heavy atom. The summed E-state index contributed by atoms with van der Waals surface area (Å²) in [5.74, 6) is -1.77. The highest BCUT2D eigenvalue weighted by Gasteiger charge is 2.52. The molecule has 162 valence electrons. The van der Waals surface area contributed by atoms with Crippen LogP contribution in [0.15, 0.2) is 0 Å². The third kappa shape index (κ3) is 6.24. The molecule has 0 spiro atoms. The smallest absolute Gasteiger partial charge is 0.305 e. The zero-order chi connectivity index (χ0) is 20.4. The van der Waals surface area contributed by atoms with Gasteiger partial charge in [0.25, 0.3) is 0 Å². The summed E-state index contributed by atoms with van der Waals surface area (Å²) < 4.78 is 28.0. The van der Waals surface area contributed by atoms with Gasteiger partial charge in [0.1, 0.15) is 18.5 Å². The van der Waals surface area contributed by atoms with E-state index in [4.69, 9.17) is 23.7 Å². The Labute approximate surface area is 168 Å². The molecular formula is C21H36O7. The maximum atomic E-state index is 13.0. The predicted octanol–water partition coefficient (Wildman–Crippen LogP) is 3.38. The first-order chi connectivity index (χ1) is 13.6. The topological polar surface area (TPSA) is 80.3 Å². The Hall–Kier alpha value is -1.02. The van der Waals surface area contributed by atoms with Crippen molar-refractivity contribution in [2.45, 2.75) is 88.8 Å². The quantitative estimate of drug-likeness (QED) is 0.531. The van der Waals surface area contributed by atoms with Crippen molar-refractivity contribution < 1.29 is 33.3 Å². The first kappa shape index (κ1) is 23.3. The predicted molar refractivity (Wildman–Crippen MR) is 103 cm³/mol. The fourth-order valence-electron chi connectivity index (χ4n) is 4.11. The summed E-state index contributed by atoms with van der Waals surface area (Å²) in [5, 5.41) is 0. The SMILES string of the molecule is CO[C@H]1O[C@@H]2COC(=O)CCCCCCCCCCC(=O)[C@H]2CC1(OC)OC. The molecule has 0 aromatic carbocycles. The summed E-state index contributed by atoms with van der Waals surface area (Å²) in [6, 6.07) is 0. The number of Topliss-reactive ketones (excluding diaryl/α,β-unsaturated/α-hetero) is 1. The number of rotatable bonds is 3. The average Bonchev–Trinajstić information content (AvgIpc) is 2.71. The molecule has 3 atom stereocenters. The molecule has 0 saturated carbocycles. The van der Waals surface area contributed by atoms with Crippen molar-refractivity contribution in [3.63, 3.8) is 0 Å². The van der Waals surface area contributed by atoms with E-state index in [9.17, 15) is 9.59 Å². The second-order valence-electron chi connectivity index (χ2n) is 7.75. The normalized spacial score (nSPS) is 31.0. The van der Waals surface area contributed by atoms with Gasteiger partial charge in [0.15, 0.2) is 0 Å². The third-order valence-corrected chi connectivity index (χ3v) is 5.89. The Bertz CT molecular complexity index is 489. The van der Waals surface area contributed by atoms with Gasteiger partial charge in [-0.3, -0.25) is 9.59 Å². The molecule has 2 rings (SSSR count). The number of carbonyl (C=O) groups excluding carboxylic acids is 2. The number of ketones is 1. The summed E-state index contributed by atoms with van der Waals surface area (Å²) in [4.78, 5) is 25.0. The van der Waals surface area contributed by atoms with Crippen LogP contribution >= 0.6 is 0 Å². The Balaban J connectivity index is 2.12. The number of ether oxygens (including phenoxy) is 5. The van der Waals surface area contributed by atoms with E-state index in [-0.39, 0.29) is 18.4 Å². The molecule has 2 heterocycles. The van der Waals surface area contributed by atoms with Gasteiger partial charge in [-0.05, 0) is 12.8 Å². The van der Waals surface area contributed by atoms with Gasteiger partial charge in [-0.25, -0.2) is 0 Å². The summed E-state index contributed by atoms with van der Waals surface area (Å²) in [5.41, 5.74) is 0. The van der Waals surface area contributed by atoms with Crippen molar-refractivity contribution in [1.29, 1.82) is 0 Å². The highest BCUT2D eigenvalue weighted by Crippen LogP contribution is 2.38. The minimum absolute atomic E-state index is 0.0403. The van der Waals surface area contributed by atoms with Crippen LogP contribution in [0.5, 0.6) is 0 Å². The second kappa shape index (κ2) is 11.9. The van der Waals surface area contributed by atoms with E-state index in [1.54, 1.807) is 0 Å². The zero-order valence-corrected chi connectivity index (χ0v) is 17.6. The van der Waals surface area contributed by atoms with Crippen LogP contribution in [0.4, 0.5) is 0 Å². The zero-order valence-electron chi connectivity index (χ0n) is 17.6. The molecule has 0 radical (unpaired) electrons. The van der Waals surface area contributed by atoms with Crippen LogP contribution in [-0.4, -0.2) is 57.9 Å². The van der Waals surface area contributed by atoms with Crippen LogP contribution in [-0.2, 0) is 33.3 Å². The largest absolute Gasteiger partial charge is 0.463 e. The van der Waals surface area contributed by atoms with E-state index in [1.807, 2.05) is 0 Å². The molecule has 0 amide bonds. The molecular weight excluding hydrogens is 364 g/mol. The first-order valence-electron chi connectivity index (χ1n) is 10.5. The van der Waals surface area contributed by atoms with Crippen LogP contribution < -0.4 is 0 Å². The molecule has 7 nitrogen and oxygen atoms in total.